The molecule has 2 N–H and O–H groups in total. The van der Waals surface area contributed by atoms with Gasteiger partial charge in [0, 0.05) is 10.7 Å². The number of carbonyl (C=O) groups excluding carboxylic acids is 1. The van der Waals surface area contributed by atoms with E-state index in [-0.39, 0.29) is 18.3 Å². The number of nitrogens with one attached hydrogen (secondary N) is 2. The van der Waals surface area contributed by atoms with E-state index in [0.29, 0.717) is 10.7 Å². The lowest BCUT2D eigenvalue weighted by atomic mass is 10.3. The van der Waals surface area contributed by atoms with E-state index in [4.69, 9.17) is 11.6 Å². The zero-order valence-electron chi connectivity index (χ0n) is 10.9. The number of sulfonamides is 1. The fourth-order valence-electron chi connectivity index (χ4n) is 1.51. The number of carbonyl (C=O) groups is 1. The molecule has 1 heterocycles. The Morgan fingerprint density at radius 1 is 1.43 bits per heavy atom. The Morgan fingerprint density at radius 3 is 2.86 bits per heavy atom. The van der Waals surface area contributed by atoms with Crippen LogP contribution in [0.3, 0.4) is 0 Å². The number of aromatic nitrogens is 3. The van der Waals surface area contributed by atoms with Crippen molar-refractivity contribution in [3.8, 4) is 0 Å². The van der Waals surface area contributed by atoms with Crippen molar-refractivity contribution in [3.63, 3.8) is 0 Å². The molecule has 0 aliphatic heterocycles. The van der Waals surface area contributed by atoms with Gasteiger partial charge in [-0.3, -0.25) is 9.52 Å². The van der Waals surface area contributed by atoms with Crippen LogP contribution >= 0.6 is 11.6 Å². The summed E-state index contributed by atoms with van der Waals surface area (Å²) in [7, 11) is -3.43. The molecule has 21 heavy (non-hydrogen) atoms. The van der Waals surface area contributed by atoms with Gasteiger partial charge >= 0.3 is 0 Å². The zero-order chi connectivity index (χ0) is 15.5. The van der Waals surface area contributed by atoms with Crippen LogP contribution in [0.2, 0.25) is 5.02 Å². The van der Waals surface area contributed by atoms with Crippen LogP contribution in [0.25, 0.3) is 0 Å². The van der Waals surface area contributed by atoms with Crippen LogP contribution in [0.15, 0.2) is 30.5 Å². The second-order valence-electron chi connectivity index (χ2n) is 4.19. The third kappa shape index (κ3) is 5.04. The number of halogens is 1. The Hall–Kier alpha value is -2.13. The molecule has 0 atom stereocenters. The average Bonchev–Trinajstić information content (AvgIpc) is 2.73. The standard InChI is InChI=1S/C11H12ClN5O3S/c1-21(19,20)16-10-6-13-17(15-10)7-11(18)14-9-4-2-3-8(12)5-9/h2-6H,7H2,1H3,(H,14,18)(H,15,16). The molecular weight excluding hydrogens is 318 g/mol. The molecule has 1 aromatic carbocycles. The summed E-state index contributed by atoms with van der Waals surface area (Å²) in [4.78, 5) is 12.9. The third-order valence-electron chi connectivity index (χ3n) is 2.22. The molecule has 8 nitrogen and oxygen atoms in total. The summed E-state index contributed by atoms with van der Waals surface area (Å²) in [5.74, 6) is -0.313. The molecule has 0 aliphatic rings. The van der Waals surface area contributed by atoms with E-state index in [9.17, 15) is 13.2 Å². The minimum Gasteiger partial charge on any atom is -0.324 e. The Bertz CT molecular complexity index is 759. The average molecular weight is 330 g/mol. The number of hydrogen-bond donors (Lipinski definition) is 2. The van der Waals surface area contributed by atoms with Gasteiger partial charge in [-0.2, -0.15) is 9.90 Å². The van der Waals surface area contributed by atoms with E-state index in [1.54, 1.807) is 24.3 Å². The van der Waals surface area contributed by atoms with E-state index >= 15 is 0 Å². The fourth-order valence-corrected chi connectivity index (χ4v) is 2.17. The van der Waals surface area contributed by atoms with Gasteiger partial charge in [-0.25, -0.2) is 8.42 Å². The summed E-state index contributed by atoms with van der Waals surface area (Å²) < 4.78 is 24.2. The van der Waals surface area contributed by atoms with Gasteiger partial charge < -0.3 is 5.32 Å². The smallest absolute Gasteiger partial charge is 0.247 e. The normalized spacial score (nSPS) is 11.1. The first kappa shape index (κ1) is 15.3. The minimum absolute atomic E-state index is 0.0491. The number of benzene rings is 1. The fraction of sp³-hybridized carbons (Fsp3) is 0.182. The first-order valence-electron chi connectivity index (χ1n) is 5.75. The number of rotatable bonds is 5. The van der Waals surface area contributed by atoms with Gasteiger partial charge in [-0.15, -0.1) is 5.10 Å². The number of anilines is 2. The van der Waals surface area contributed by atoms with E-state index in [2.05, 4.69) is 20.2 Å². The molecule has 0 aliphatic carbocycles. The molecule has 0 saturated carbocycles. The van der Waals surface area contributed by atoms with Crippen molar-refractivity contribution >= 4 is 39.0 Å². The molecule has 2 rings (SSSR count). The van der Waals surface area contributed by atoms with Crippen molar-refractivity contribution in [1.29, 1.82) is 0 Å². The van der Waals surface area contributed by atoms with Gasteiger partial charge in [0.1, 0.15) is 6.54 Å². The summed E-state index contributed by atoms with van der Waals surface area (Å²) in [5.41, 5.74) is 0.550. The molecule has 0 radical (unpaired) electrons. The minimum atomic E-state index is -3.43. The van der Waals surface area contributed by atoms with Crippen molar-refractivity contribution in [3.05, 3.63) is 35.5 Å². The lowest BCUT2D eigenvalue weighted by molar-refractivity contribution is -0.117. The Kier molecular flexibility index (Phi) is 4.43. The molecule has 1 amide bonds. The molecule has 2 aromatic rings. The number of nitrogens with zero attached hydrogens (tertiary/aromatic N) is 3. The van der Waals surface area contributed by atoms with Crippen molar-refractivity contribution in [2.24, 2.45) is 0 Å². The maximum Gasteiger partial charge on any atom is 0.247 e. The van der Waals surface area contributed by atoms with Gasteiger partial charge in [0.2, 0.25) is 15.9 Å². The number of hydrogen-bond acceptors (Lipinski definition) is 5. The molecule has 112 valence electrons. The quantitative estimate of drug-likeness (QED) is 0.849. The van der Waals surface area contributed by atoms with E-state index in [0.717, 1.165) is 11.1 Å². The maximum absolute atomic E-state index is 11.8. The topological polar surface area (TPSA) is 106 Å². The Balaban J connectivity index is 1.97. The highest BCUT2D eigenvalue weighted by Gasteiger charge is 2.09. The molecule has 10 heteroatoms. The molecule has 0 fully saturated rings. The molecule has 1 aromatic heterocycles. The van der Waals surface area contributed by atoms with Crippen LogP contribution in [-0.4, -0.2) is 35.6 Å². The van der Waals surface area contributed by atoms with Crippen LogP contribution in [0.1, 0.15) is 0 Å². The van der Waals surface area contributed by atoms with Crippen LogP contribution in [0.4, 0.5) is 11.5 Å². The highest BCUT2D eigenvalue weighted by Crippen LogP contribution is 2.14. The van der Waals surface area contributed by atoms with E-state index < -0.39 is 10.0 Å². The zero-order valence-corrected chi connectivity index (χ0v) is 12.5. The highest BCUT2D eigenvalue weighted by atomic mass is 35.5. The summed E-state index contributed by atoms with van der Waals surface area (Å²) in [6.45, 7) is -0.155. The number of amides is 1. The predicted molar refractivity (Wildman–Crippen MR) is 78.6 cm³/mol. The molecule has 0 unspecified atom stereocenters. The van der Waals surface area contributed by atoms with Crippen molar-refractivity contribution in [2.45, 2.75) is 6.54 Å². The second-order valence-corrected chi connectivity index (χ2v) is 6.38. The largest absolute Gasteiger partial charge is 0.324 e. The van der Waals surface area contributed by atoms with Gasteiger partial charge in [-0.1, -0.05) is 17.7 Å². The molecule has 0 bridgehead atoms. The predicted octanol–water partition coefficient (Wildman–Crippen LogP) is 0.942. The van der Waals surface area contributed by atoms with E-state index in [1.807, 2.05) is 0 Å². The van der Waals surface area contributed by atoms with Gasteiger partial charge in [0.15, 0.2) is 5.82 Å². The monoisotopic (exact) mass is 329 g/mol. The van der Waals surface area contributed by atoms with Gasteiger partial charge in [0.05, 0.1) is 12.5 Å². The summed E-state index contributed by atoms with van der Waals surface area (Å²) >= 11 is 5.81. The van der Waals surface area contributed by atoms with Crippen molar-refractivity contribution < 1.29 is 13.2 Å². The van der Waals surface area contributed by atoms with Gasteiger partial charge in [0.25, 0.3) is 0 Å². The first-order chi connectivity index (χ1) is 9.82. The molecule has 0 spiro atoms. The van der Waals surface area contributed by atoms with Crippen molar-refractivity contribution in [2.75, 3.05) is 16.3 Å². The highest BCUT2D eigenvalue weighted by molar-refractivity contribution is 7.92. The van der Waals surface area contributed by atoms with Crippen LogP contribution < -0.4 is 10.0 Å². The van der Waals surface area contributed by atoms with Crippen LogP contribution in [0.5, 0.6) is 0 Å². The summed E-state index contributed by atoms with van der Waals surface area (Å²) in [6.07, 6.45) is 2.21. The van der Waals surface area contributed by atoms with Gasteiger partial charge in [-0.05, 0) is 18.2 Å². The van der Waals surface area contributed by atoms with Crippen molar-refractivity contribution in [1.82, 2.24) is 15.0 Å². The van der Waals surface area contributed by atoms with Crippen LogP contribution in [-0.2, 0) is 21.4 Å². The second kappa shape index (κ2) is 6.10. The van der Waals surface area contributed by atoms with E-state index in [1.165, 1.54) is 6.20 Å². The lowest BCUT2D eigenvalue weighted by Crippen LogP contribution is -2.20. The van der Waals surface area contributed by atoms with Crippen LogP contribution in [0, 0.1) is 0 Å². The Labute approximate surface area is 126 Å². The summed E-state index contributed by atoms with van der Waals surface area (Å²) in [5, 5.41) is 10.7. The first-order valence-corrected chi connectivity index (χ1v) is 8.02. The third-order valence-corrected chi connectivity index (χ3v) is 3.03. The SMILES string of the molecule is CS(=O)(=O)Nc1cnn(CC(=O)Nc2cccc(Cl)c2)n1. The molecule has 0 saturated heterocycles. The maximum atomic E-state index is 11.8. The Morgan fingerprint density at radius 2 is 2.19 bits per heavy atom. The molecular formula is C11H12ClN5O3S. The summed E-state index contributed by atoms with van der Waals surface area (Å²) in [6, 6.07) is 6.69. The lowest BCUT2D eigenvalue weighted by Gasteiger charge is -2.04.